The molecule has 1 aromatic carbocycles. The van der Waals surface area contributed by atoms with E-state index in [0.29, 0.717) is 37.7 Å². The molecule has 0 aromatic heterocycles. The average Bonchev–Trinajstić information content (AvgIpc) is 2.42. The minimum absolute atomic E-state index is 0.0790. The number of aryl methyl sites for hydroxylation is 1. The zero-order chi connectivity index (χ0) is 17.5. The molecule has 0 saturated heterocycles. The molecular formula is C17H24F3NO2. The van der Waals surface area contributed by atoms with Crippen molar-refractivity contribution in [1.29, 1.82) is 0 Å². The lowest BCUT2D eigenvalue weighted by atomic mass is 9.85. The predicted octanol–water partition coefficient (Wildman–Crippen LogP) is 4.39. The van der Waals surface area contributed by atoms with Crippen molar-refractivity contribution in [2.24, 2.45) is 5.73 Å². The van der Waals surface area contributed by atoms with E-state index in [4.69, 9.17) is 10.8 Å². The van der Waals surface area contributed by atoms with Crippen LogP contribution in [-0.4, -0.2) is 16.6 Å². The van der Waals surface area contributed by atoms with Gasteiger partial charge in [-0.05, 0) is 37.3 Å². The van der Waals surface area contributed by atoms with E-state index < -0.39 is 23.2 Å². The number of carbonyl (C=O) groups is 1. The lowest BCUT2D eigenvalue weighted by molar-refractivity contribution is -0.139. The van der Waals surface area contributed by atoms with Crippen LogP contribution in [0.2, 0.25) is 0 Å². The summed E-state index contributed by atoms with van der Waals surface area (Å²) in [6.07, 6.45) is -0.509. The molecule has 6 heteroatoms. The maximum absolute atomic E-state index is 12.6. The fourth-order valence-electron chi connectivity index (χ4n) is 2.81. The highest BCUT2D eigenvalue weighted by molar-refractivity contribution is 5.68. The third-order valence-electron chi connectivity index (χ3n) is 3.90. The smallest absolute Gasteiger partial charge is 0.416 e. The second-order valence-electron chi connectivity index (χ2n) is 6.09. The van der Waals surface area contributed by atoms with Gasteiger partial charge in [0, 0.05) is 5.54 Å². The molecule has 1 aromatic rings. The molecule has 0 bridgehead atoms. The van der Waals surface area contributed by atoms with Crippen LogP contribution in [0.15, 0.2) is 24.3 Å². The molecule has 0 aliphatic rings. The van der Waals surface area contributed by atoms with Crippen LogP contribution in [0.25, 0.3) is 0 Å². The SMILES string of the molecule is CCCC(N)(CCCCc1cccc(C(F)(F)F)c1)CC(=O)O. The van der Waals surface area contributed by atoms with Crippen LogP contribution < -0.4 is 5.73 Å². The van der Waals surface area contributed by atoms with Gasteiger partial charge in [0.2, 0.25) is 0 Å². The zero-order valence-corrected chi connectivity index (χ0v) is 13.3. The molecule has 0 fully saturated rings. The van der Waals surface area contributed by atoms with Crippen molar-refractivity contribution < 1.29 is 23.1 Å². The van der Waals surface area contributed by atoms with E-state index in [-0.39, 0.29) is 6.42 Å². The fraction of sp³-hybridized carbons (Fsp3) is 0.588. The summed E-state index contributed by atoms with van der Waals surface area (Å²) in [5.74, 6) is -0.918. The topological polar surface area (TPSA) is 63.3 Å². The Labute approximate surface area is 134 Å². The van der Waals surface area contributed by atoms with E-state index in [0.717, 1.165) is 12.5 Å². The molecule has 0 aliphatic carbocycles. The summed E-state index contributed by atoms with van der Waals surface area (Å²) >= 11 is 0. The highest BCUT2D eigenvalue weighted by Gasteiger charge is 2.30. The van der Waals surface area contributed by atoms with Gasteiger partial charge < -0.3 is 10.8 Å². The minimum Gasteiger partial charge on any atom is -0.481 e. The van der Waals surface area contributed by atoms with Crippen LogP contribution >= 0.6 is 0 Å². The number of benzene rings is 1. The van der Waals surface area contributed by atoms with Crippen molar-refractivity contribution in [2.45, 2.75) is 63.6 Å². The summed E-state index contributed by atoms with van der Waals surface area (Å²) in [7, 11) is 0. The Bertz CT molecular complexity index is 517. The number of rotatable bonds is 9. The first-order valence-corrected chi connectivity index (χ1v) is 7.83. The number of nitrogens with two attached hydrogens (primary N) is 1. The van der Waals surface area contributed by atoms with Crippen LogP contribution in [0.5, 0.6) is 0 Å². The third kappa shape index (κ3) is 7.03. The van der Waals surface area contributed by atoms with Crippen LogP contribution in [0.1, 0.15) is 56.6 Å². The number of aliphatic carboxylic acids is 1. The summed E-state index contributed by atoms with van der Waals surface area (Å²) in [4.78, 5) is 10.9. The highest BCUT2D eigenvalue weighted by Crippen LogP contribution is 2.30. The normalized spacial score (nSPS) is 14.5. The van der Waals surface area contributed by atoms with Crippen LogP contribution in [-0.2, 0) is 17.4 Å². The molecule has 0 spiro atoms. The Morgan fingerprint density at radius 2 is 1.91 bits per heavy atom. The molecule has 1 rings (SSSR count). The average molecular weight is 331 g/mol. The van der Waals surface area contributed by atoms with Gasteiger partial charge in [-0.2, -0.15) is 13.2 Å². The summed E-state index contributed by atoms with van der Waals surface area (Å²) in [5, 5.41) is 8.93. The lowest BCUT2D eigenvalue weighted by Gasteiger charge is -2.27. The maximum Gasteiger partial charge on any atom is 0.416 e. The van der Waals surface area contributed by atoms with Crippen molar-refractivity contribution in [2.75, 3.05) is 0 Å². The summed E-state index contributed by atoms with van der Waals surface area (Å²) in [5.41, 5.74) is 5.41. The molecule has 1 atom stereocenters. The minimum atomic E-state index is -4.33. The van der Waals surface area contributed by atoms with Crippen LogP contribution in [0, 0.1) is 0 Å². The van der Waals surface area contributed by atoms with Gasteiger partial charge >= 0.3 is 12.1 Å². The first-order chi connectivity index (χ1) is 10.7. The summed E-state index contributed by atoms with van der Waals surface area (Å²) in [6.45, 7) is 1.95. The number of carboxylic acid groups (broad SMARTS) is 1. The van der Waals surface area contributed by atoms with Crippen molar-refractivity contribution >= 4 is 5.97 Å². The van der Waals surface area contributed by atoms with Gasteiger partial charge in [0.15, 0.2) is 0 Å². The highest BCUT2D eigenvalue weighted by atomic mass is 19.4. The second-order valence-corrected chi connectivity index (χ2v) is 6.09. The van der Waals surface area contributed by atoms with E-state index >= 15 is 0 Å². The number of alkyl halides is 3. The van der Waals surface area contributed by atoms with Gasteiger partial charge in [-0.15, -0.1) is 0 Å². The molecule has 130 valence electrons. The number of halogens is 3. The van der Waals surface area contributed by atoms with E-state index in [9.17, 15) is 18.0 Å². The number of unbranched alkanes of at least 4 members (excludes halogenated alkanes) is 1. The van der Waals surface area contributed by atoms with E-state index in [1.165, 1.54) is 12.1 Å². The van der Waals surface area contributed by atoms with Gasteiger partial charge in [0.25, 0.3) is 0 Å². The van der Waals surface area contributed by atoms with Crippen molar-refractivity contribution in [3.05, 3.63) is 35.4 Å². The van der Waals surface area contributed by atoms with Crippen LogP contribution in [0.4, 0.5) is 13.2 Å². The molecule has 0 amide bonds. The first kappa shape index (κ1) is 19.5. The quantitative estimate of drug-likeness (QED) is 0.660. The van der Waals surface area contributed by atoms with Gasteiger partial charge in [-0.1, -0.05) is 38.0 Å². The van der Waals surface area contributed by atoms with E-state index in [1.54, 1.807) is 6.07 Å². The molecule has 23 heavy (non-hydrogen) atoms. The molecule has 0 aliphatic heterocycles. The Hall–Kier alpha value is -1.56. The Kier molecular flexibility index (Phi) is 7.06. The Morgan fingerprint density at radius 3 is 2.48 bits per heavy atom. The Balaban J connectivity index is 2.52. The largest absolute Gasteiger partial charge is 0.481 e. The van der Waals surface area contributed by atoms with Gasteiger partial charge in [0.05, 0.1) is 12.0 Å². The maximum atomic E-state index is 12.6. The molecule has 0 heterocycles. The molecule has 0 saturated carbocycles. The third-order valence-corrected chi connectivity index (χ3v) is 3.90. The second kappa shape index (κ2) is 8.34. The molecular weight excluding hydrogens is 307 g/mol. The molecule has 3 N–H and O–H groups in total. The molecule has 3 nitrogen and oxygen atoms in total. The van der Waals surface area contributed by atoms with E-state index in [2.05, 4.69) is 0 Å². The first-order valence-electron chi connectivity index (χ1n) is 7.83. The van der Waals surface area contributed by atoms with Crippen molar-refractivity contribution in [3.63, 3.8) is 0 Å². The van der Waals surface area contributed by atoms with Gasteiger partial charge in [-0.3, -0.25) is 4.79 Å². The van der Waals surface area contributed by atoms with Gasteiger partial charge in [0.1, 0.15) is 0 Å². The number of hydrogen-bond donors (Lipinski definition) is 2. The summed E-state index contributed by atoms with van der Waals surface area (Å²) in [6, 6.07) is 5.31. The summed E-state index contributed by atoms with van der Waals surface area (Å²) < 4.78 is 37.9. The predicted molar refractivity (Wildman–Crippen MR) is 83.1 cm³/mol. The van der Waals surface area contributed by atoms with E-state index in [1.807, 2.05) is 6.92 Å². The Morgan fingerprint density at radius 1 is 1.22 bits per heavy atom. The molecule has 1 unspecified atom stereocenters. The van der Waals surface area contributed by atoms with Crippen molar-refractivity contribution in [3.8, 4) is 0 Å². The molecule has 0 radical (unpaired) electrons. The monoisotopic (exact) mass is 331 g/mol. The lowest BCUT2D eigenvalue weighted by Crippen LogP contribution is -2.41. The number of carboxylic acids is 1. The standard InChI is InChI=1S/C17H24F3NO2/c1-2-9-16(21,12-15(22)23)10-4-3-6-13-7-5-8-14(11-13)17(18,19)20/h5,7-8,11H,2-4,6,9-10,12,21H2,1H3,(H,22,23). The van der Waals surface area contributed by atoms with Crippen LogP contribution in [0.3, 0.4) is 0 Å². The number of hydrogen-bond acceptors (Lipinski definition) is 2. The fourth-order valence-corrected chi connectivity index (χ4v) is 2.81. The van der Waals surface area contributed by atoms with Crippen molar-refractivity contribution in [1.82, 2.24) is 0 Å². The van der Waals surface area contributed by atoms with Gasteiger partial charge in [-0.25, -0.2) is 0 Å². The zero-order valence-electron chi connectivity index (χ0n) is 13.3.